The molecule has 1 saturated heterocycles. The lowest BCUT2D eigenvalue weighted by Gasteiger charge is -2.28. The first-order valence-electron chi connectivity index (χ1n) is 9.83. The lowest BCUT2D eigenvalue weighted by Crippen LogP contribution is -2.34. The molecular weight excluding hydrogens is 413 g/mol. The second-order valence-corrected chi connectivity index (χ2v) is 7.50. The Morgan fingerprint density at radius 1 is 1.13 bits per heavy atom. The number of hydrogen-bond acceptors (Lipinski definition) is 4. The van der Waals surface area contributed by atoms with Gasteiger partial charge in [0.05, 0.1) is 25.2 Å². The van der Waals surface area contributed by atoms with Crippen molar-refractivity contribution in [3.63, 3.8) is 0 Å². The number of ether oxygens (including phenoxy) is 2. The van der Waals surface area contributed by atoms with Crippen molar-refractivity contribution in [3.05, 3.63) is 64.7 Å². The van der Waals surface area contributed by atoms with Crippen LogP contribution in [0.5, 0.6) is 0 Å². The van der Waals surface area contributed by atoms with E-state index in [2.05, 4.69) is 5.32 Å². The molecule has 2 heterocycles. The molecule has 2 aliphatic rings. The number of hydrogen-bond donors (Lipinski definition) is 1. The van der Waals surface area contributed by atoms with Gasteiger partial charge in [-0.2, -0.15) is 13.2 Å². The molecule has 31 heavy (non-hydrogen) atoms. The fourth-order valence-electron chi connectivity index (χ4n) is 3.87. The number of nitrogens with zero attached hydrogens (tertiary/aromatic N) is 1. The molecule has 0 atom stereocenters. The maximum atomic E-state index is 12.7. The summed E-state index contributed by atoms with van der Waals surface area (Å²) >= 11 is 0. The highest BCUT2D eigenvalue weighted by Gasteiger charge is 2.39. The third kappa shape index (κ3) is 4.15. The van der Waals surface area contributed by atoms with E-state index in [1.165, 1.54) is 0 Å². The summed E-state index contributed by atoms with van der Waals surface area (Å²) in [4.78, 5) is 25.9. The van der Waals surface area contributed by atoms with E-state index in [-0.39, 0.29) is 18.0 Å². The third-order valence-electron chi connectivity index (χ3n) is 5.56. The van der Waals surface area contributed by atoms with E-state index in [1.807, 2.05) is 18.2 Å². The molecule has 0 aliphatic carbocycles. The van der Waals surface area contributed by atoms with Gasteiger partial charge in [-0.1, -0.05) is 6.07 Å². The van der Waals surface area contributed by atoms with Gasteiger partial charge in [0.15, 0.2) is 5.79 Å². The highest BCUT2D eigenvalue weighted by atomic mass is 19.4. The summed E-state index contributed by atoms with van der Waals surface area (Å²) in [6.07, 6.45) is -3.84. The average Bonchev–Trinajstić information content (AvgIpc) is 3.33. The summed E-state index contributed by atoms with van der Waals surface area (Å²) in [5.41, 5.74) is 1.82. The van der Waals surface area contributed by atoms with Crippen molar-refractivity contribution in [1.29, 1.82) is 0 Å². The van der Waals surface area contributed by atoms with Crippen LogP contribution in [0.2, 0.25) is 0 Å². The maximum Gasteiger partial charge on any atom is 0.416 e. The molecule has 1 N–H and O–H groups in total. The Morgan fingerprint density at radius 3 is 2.45 bits per heavy atom. The molecule has 6 nitrogen and oxygen atoms in total. The first kappa shape index (κ1) is 21.3. The van der Waals surface area contributed by atoms with Crippen LogP contribution in [0.4, 0.5) is 18.9 Å². The summed E-state index contributed by atoms with van der Waals surface area (Å²) in [6.45, 7) is 0.974. The molecule has 1 fully saturated rings. The number of fused-ring (bicyclic) bond motifs is 1. The van der Waals surface area contributed by atoms with Crippen LogP contribution in [0.15, 0.2) is 42.5 Å². The van der Waals surface area contributed by atoms with E-state index in [1.54, 1.807) is 11.9 Å². The minimum Gasteiger partial charge on any atom is -0.352 e. The zero-order valence-electron chi connectivity index (χ0n) is 16.8. The maximum absolute atomic E-state index is 12.7. The van der Waals surface area contributed by atoms with E-state index in [4.69, 9.17) is 9.47 Å². The van der Waals surface area contributed by atoms with E-state index in [0.717, 1.165) is 41.1 Å². The Bertz CT molecular complexity index is 999. The molecule has 0 bridgehead atoms. The zero-order chi connectivity index (χ0) is 22.2. The van der Waals surface area contributed by atoms with Crippen LogP contribution in [0.25, 0.3) is 0 Å². The number of likely N-dealkylation sites (N-methyl/N-ethyl adjacent to an activating group) is 1. The SMILES string of the molecule is CN1C(=O)Cc2cc(C3(CCNC(=O)c4ccc(C(F)(F)F)cc4)OCCO3)ccc21. The molecular formula is C22H21F3N2O4. The van der Waals surface area contributed by atoms with Crippen molar-refractivity contribution in [3.8, 4) is 0 Å². The number of alkyl halides is 3. The predicted molar refractivity (Wildman–Crippen MR) is 106 cm³/mol. The monoisotopic (exact) mass is 434 g/mol. The number of carbonyl (C=O) groups excluding carboxylic acids is 2. The molecule has 0 aromatic heterocycles. The molecule has 4 rings (SSSR count). The van der Waals surface area contributed by atoms with Crippen molar-refractivity contribution in [2.75, 3.05) is 31.7 Å². The van der Waals surface area contributed by atoms with Crippen LogP contribution in [0.1, 0.15) is 33.5 Å². The Kier molecular flexibility index (Phi) is 5.49. The normalized spacial score (nSPS) is 17.7. The van der Waals surface area contributed by atoms with Crippen LogP contribution in [0, 0.1) is 0 Å². The third-order valence-corrected chi connectivity index (χ3v) is 5.56. The number of halogens is 3. The first-order valence-corrected chi connectivity index (χ1v) is 9.83. The van der Waals surface area contributed by atoms with Gasteiger partial charge in [0.25, 0.3) is 5.91 Å². The Morgan fingerprint density at radius 2 is 1.81 bits per heavy atom. The number of benzene rings is 2. The van der Waals surface area contributed by atoms with Gasteiger partial charge in [-0.3, -0.25) is 9.59 Å². The largest absolute Gasteiger partial charge is 0.416 e. The van der Waals surface area contributed by atoms with Gasteiger partial charge in [-0.25, -0.2) is 0 Å². The van der Waals surface area contributed by atoms with E-state index in [9.17, 15) is 22.8 Å². The summed E-state index contributed by atoms with van der Waals surface area (Å²) in [5, 5.41) is 2.70. The Labute approximate surface area is 176 Å². The number of rotatable bonds is 5. The molecule has 164 valence electrons. The topological polar surface area (TPSA) is 67.9 Å². The molecule has 2 aliphatic heterocycles. The van der Waals surface area contributed by atoms with Crippen molar-refractivity contribution in [2.45, 2.75) is 24.8 Å². The van der Waals surface area contributed by atoms with Gasteiger partial charge in [0, 0.05) is 36.8 Å². The van der Waals surface area contributed by atoms with E-state index in [0.29, 0.717) is 26.1 Å². The number of nitrogens with one attached hydrogen (secondary N) is 1. The lowest BCUT2D eigenvalue weighted by atomic mass is 9.98. The van der Waals surface area contributed by atoms with E-state index < -0.39 is 23.4 Å². The van der Waals surface area contributed by atoms with Crippen LogP contribution < -0.4 is 10.2 Å². The molecule has 0 spiro atoms. The van der Waals surface area contributed by atoms with Crippen molar-refractivity contribution in [2.24, 2.45) is 0 Å². The van der Waals surface area contributed by atoms with Gasteiger partial charge in [-0.15, -0.1) is 0 Å². The molecule has 9 heteroatoms. The van der Waals surface area contributed by atoms with E-state index >= 15 is 0 Å². The van der Waals surface area contributed by atoms with Gasteiger partial charge in [-0.05, 0) is 42.0 Å². The number of amides is 2. The van der Waals surface area contributed by atoms with Gasteiger partial charge in [0.1, 0.15) is 0 Å². The van der Waals surface area contributed by atoms with Crippen molar-refractivity contribution >= 4 is 17.5 Å². The lowest BCUT2D eigenvalue weighted by molar-refractivity contribution is -0.169. The highest BCUT2D eigenvalue weighted by molar-refractivity contribution is 6.01. The molecule has 2 aromatic rings. The molecule has 2 amide bonds. The van der Waals surface area contributed by atoms with Crippen LogP contribution in [0.3, 0.4) is 0 Å². The van der Waals surface area contributed by atoms with Gasteiger partial charge in [0.2, 0.25) is 5.91 Å². The molecule has 0 radical (unpaired) electrons. The average molecular weight is 434 g/mol. The van der Waals surface area contributed by atoms with Crippen molar-refractivity contribution in [1.82, 2.24) is 5.32 Å². The fourth-order valence-corrected chi connectivity index (χ4v) is 3.87. The summed E-state index contributed by atoms with van der Waals surface area (Å²) < 4.78 is 49.8. The molecule has 2 aromatic carbocycles. The first-order chi connectivity index (χ1) is 14.7. The molecule has 0 saturated carbocycles. The molecule has 0 unspecified atom stereocenters. The zero-order valence-corrected chi connectivity index (χ0v) is 16.8. The van der Waals surface area contributed by atoms with Crippen LogP contribution in [-0.2, 0) is 32.7 Å². The summed E-state index contributed by atoms with van der Waals surface area (Å²) in [7, 11) is 1.73. The highest BCUT2D eigenvalue weighted by Crippen LogP contribution is 2.38. The van der Waals surface area contributed by atoms with Crippen molar-refractivity contribution < 1.29 is 32.2 Å². The quantitative estimate of drug-likeness (QED) is 0.785. The standard InChI is InChI=1S/C22H21F3N2O4/c1-27-18-7-6-17(12-15(18)13-19(27)28)21(30-10-11-31-21)8-9-26-20(29)14-2-4-16(5-3-14)22(23,24)25/h2-7,12H,8-11,13H2,1H3,(H,26,29). The minimum atomic E-state index is -4.45. The second kappa shape index (κ2) is 7.97. The second-order valence-electron chi connectivity index (χ2n) is 7.50. The Balaban J connectivity index is 1.43. The minimum absolute atomic E-state index is 0.0123. The number of anilines is 1. The number of carbonyl (C=O) groups is 2. The summed E-state index contributed by atoms with van der Waals surface area (Å²) in [6, 6.07) is 9.62. The van der Waals surface area contributed by atoms with Gasteiger partial charge < -0.3 is 19.7 Å². The summed E-state index contributed by atoms with van der Waals surface area (Å²) in [5.74, 6) is -1.52. The fraction of sp³-hybridized carbons (Fsp3) is 0.364. The smallest absolute Gasteiger partial charge is 0.352 e. The Hall–Kier alpha value is -2.91. The van der Waals surface area contributed by atoms with Crippen LogP contribution >= 0.6 is 0 Å². The predicted octanol–water partition coefficient (Wildman–Crippen LogP) is 3.24. The van der Waals surface area contributed by atoms with Gasteiger partial charge >= 0.3 is 6.18 Å². The van der Waals surface area contributed by atoms with Crippen LogP contribution in [-0.4, -0.2) is 38.6 Å².